The van der Waals surface area contributed by atoms with Crippen LogP contribution in [0, 0.1) is 5.82 Å². The number of nitrogens with zero attached hydrogens (tertiary/aromatic N) is 1. The largest absolute Gasteiger partial charge is 0.397 e. The molecule has 0 bridgehead atoms. The van der Waals surface area contributed by atoms with Gasteiger partial charge in [-0.1, -0.05) is 0 Å². The highest BCUT2D eigenvalue weighted by atomic mass is 79.9. The van der Waals surface area contributed by atoms with Crippen LogP contribution < -0.4 is 11.1 Å². The van der Waals surface area contributed by atoms with Crippen LogP contribution in [0.25, 0.3) is 0 Å². The molecule has 16 heavy (non-hydrogen) atoms. The topological polar surface area (TPSA) is 41.3 Å². The van der Waals surface area contributed by atoms with Crippen molar-refractivity contribution >= 4 is 27.3 Å². The van der Waals surface area contributed by atoms with Crippen LogP contribution in [0.4, 0.5) is 15.8 Å². The van der Waals surface area contributed by atoms with Crippen molar-refractivity contribution in [3.63, 3.8) is 0 Å². The van der Waals surface area contributed by atoms with Crippen LogP contribution in [-0.4, -0.2) is 32.1 Å². The maximum atomic E-state index is 13.1. The van der Waals surface area contributed by atoms with Crippen LogP contribution in [0.1, 0.15) is 6.42 Å². The molecule has 5 heteroatoms. The van der Waals surface area contributed by atoms with Crippen molar-refractivity contribution in [2.75, 3.05) is 38.2 Å². The van der Waals surface area contributed by atoms with E-state index in [4.69, 9.17) is 5.73 Å². The second kappa shape index (κ2) is 6.06. The van der Waals surface area contributed by atoms with Crippen molar-refractivity contribution in [2.45, 2.75) is 6.42 Å². The number of halogens is 2. The van der Waals surface area contributed by atoms with E-state index < -0.39 is 0 Å². The molecule has 0 fully saturated rings. The first-order valence-electron chi connectivity index (χ1n) is 5.14. The minimum absolute atomic E-state index is 0.337. The third kappa shape index (κ3) is 3.98. The molecule has 3 N–H and O–H groups in total. The van der Waals surface area contributed by atoms with Gasteiger partial charge in [-0.15, -0.1) is 0 Å². The molecule has 0 aliphatic heterocycles. The van der Waals surface area contributed by atoms with Crippen LogP contribution in [0.3, 0.4) is 0 Å². The summed E-state index contributed by atoms with van der Waals surface area (Å²) in [5, 5.41) is 3.19. The standard InChI is InChI=1S/C11H17BrFN3/c1-16(2)5-3-4-15-11-6-8(12)9(13)7-10(11)14/h6-7,15H,3-5,14H2,1-2H3. The van der Waals surface area contributed by atoms with Gasteiger partial charge in [-0.05, 0) is 49.1 Å². The van der Waals surface area contributed by atoms with Gasteiger partial charge in [0.2, 0.25) is 0 Å². The van der Waals surface area contributed by atoms with Gasteiger partial charge in [-0.25, -0.2) is 4.39 Å². The van der Waals surface area contributed by atoms with Crippen molar-refractivity contribution in [2.24, 2.45) is 0 Å². The molecule has 0 amide bonds. The summed E-state index contributed by atoms with van der Waals surface area (Å²) in [5.41, 5.74) is 6.90. The monoisotopic (exact) mass is 289 g/mol. The number of nitrogen functional groups attached to an aromatic ring is 1. The van der Waals surface area contributed by atoms with Gasteiger partial charge in [-0.3, -0.25) is 0 Å². The van der Waals surface area contributed by atoms with E-state index >= 15 is 0 Å². The predicted octanol–water partition coefficient (Wildman–Crippen LogP) is 2.53. The van der Waals surface area contributed by atoms with Crippen LogP contribution in [0.2, 0.25) is 0 Å². The van der Waals surface area contributed by atoms with Gasteiger partial charge in [0, 0.05) is 12.6 Å². The maximum Gasteiger partial charge on any atom is 0.139 e. The average Bonchev–Trinajstić information content (AvgIpc) is 2.19. The van der Waals surface area contributed by atoms with Gasteiger partial charge in [0.05, 0.1) is 15.8 Å². The van der Waals surface area contributed by atoms with Crippen molar-refractivity contribution in [1.29, 1.82) is 0 Å². The minimum Gasteiger partial charge on any atom is -0.397 e. The third-order valence-corrected chi connectivity index (χ3v) is 2.80. The molecule has 0 aromatic heterocycles. The summed E-state index contributed by atoms with van der Waals surface area (Å²) >= 11 is 3.13. The fraction of sp³-hybridized carbons (Fsp3) is 0.455. The molecule has 0 aliphatic carbocycles. The SMILES string of the molecule is CN(C)CCCNc1cc(Br)c(F)cc1N. The zero-order valence-corrected chi connectivity index (χ0v) is 11.1. The van der Waals surface area contributed by atoms with Crippen molar-refractivity contribution in [3.8, 4) is 0 Å². The molecule has 1 aromatic carbocycles. The quantitative estimate of drug-likeness (QED) is 0.647. The third-order valence-electron chi connectivity index (χ3n) is 2.19. The van der Waals surface area contributed by atoms with Crippen LogP contribution in [0.15, 0.2) is 16.6 Å². The first kappa shape index (κ1) is 13.3. The van der Waals surface area contributed by atoms with E-state index in [0.717, 1.165) is 25.2 Å². The van der Waals surface area contributed by atoms with E-state index in [0.29, 0.717) is 10.2 Å². The van der Waals surface area contributed by atoms with E-state index in [1.165, 1.54) is 6.07 Å². The molecule has 0 atom stereocenters. The van der Waals surface area contributed by atoms with Crippen molar-refractivity contribution in [1.82, 2.24) is 4.90 Å². The fourth-order valence-electron chi connectivity index (χ4n) is 1.33. The summed E-state index contributed by atoms with van der Waals surface area (Å²) in [7, 11) is 4.06. The lowest BCUT2D eigenvalue weighted by Gasteiger charge is -2.12. The highest BCUT2D eigenvalue weighted by Crippen LogP contribution is 2.26. The molecular formula is C11H17BrFN3. The number of benzene rings is 1. The summed E-state index contributed by atoms with van der Waals surface area (Å²) in [6.45, 7) is 1.83. The Bertz CT molecular complexity index is 355. The lowest BCUT2D eigenvalue weighted by atomic mass is 10.2. The van der Waals surface area contributed by atoms with Gasteiger partial charge in [0.25, 0.3) is 0 Å². The summed E-state index contributed by atoms with van der Waals surface area (Å²) < 4.78 is 13.5. The zero-order chi connectivity index (χ0) is 12.1. The molecule has 1 rings (SSSR count). The van der Waals surface area contributed by atoms with Gasteiger partial charge in [-0.2, -0.15) is 0 Å². The first-order valence-corrected chi connectivity index (χ1v) is 5.93. The highest BCUT2D eigenvalue weighted by molar-refractivity contribution is 9.10. The summed E-state index contributed by atoms with van der Waals surface area (Å²) in [4.78, 5) is 2.12. The van der Waals surface area contributed by atoms with Gasteiger partial charge >= 0.3 is 0 Å². The Morgan fingerprint density at radius 1 is 1.44 bits per heavy atom. The van der Waals surface area contributed by atoms with Crippen molar-refractivity contribution in [3.05, 3.63) is 22.4 Å². The summed E-state index contributed by atoms with van der Waals surface area (Å²) in [6, 6.07) is 2.98. The molecule has 0 saturated heterocycles. The Morgan fingerprint density at radius 2 is 2.12 bits per heavy atom. The molecular weight excluding hydrogens is 273 g/mol. The molecule has 0 radical (unpaired) electrons. The molecule has 0 saturated carbocycles. The second-order valence-corrected chi connectivity index (χ2v) is 4.79. The number of hydrogen-bond acceptors (Lipinski definition) is 3. The predicted molar refractivity (Wildman–Crippen MR) is 70.2 cm³/mol. The van der Waals surface area contributed by atoms with Gasteiger partial charge < -0.3 is 16.0 Å². The fourth-order valence-corrected chi connectivity index (χ4v) is 1.68. The lowest BCUT2D eigenvalue weighted by molar-refractivity contribution is 0.405. The van der Waals surface area contributed by atoms with Crippen LogP contribution in [0.5, 0.6) is 0 Å². The first-order chi connectivity index (χ1) is 7.50. The molecule has 90 valence electrons. The molecule has 0 spiro atoms. The Morgan fingerprint density at radius 3 is 2.75 bits per heavy atom. The van der Waals surface area contributed by atoms with E-state index in [1.807, 2.05) is 14.1 Å². The van der Waals surface area contributed by atoms with E-state index in [1.54, 1.807) is 6.07 Å². The smallest absolute Gasteiger partial charge is 0.139 e. The molecule has 0 aliphatic rings. The number of nitrogens with one attached hydrogen (secondary N) is 1. The van der Waals surface area contributed by atoms with Crippen LogP contribution >= 0.6 is 15.9 Å². The Balaban J connectivity index is 2.51. The van der Waals surface area contributed by atoms with Gasteiger partial charge in [0.15, 0.2) is 0 Å². The Labute approximate surface area is 104 Å². The lowest BCUT2D eigenvalue weighted by Crippen LogP contribution is -2.16. The zero-order valence-electron chi connectivity index (χ0n) is 9.56. The Hall–Kier alpha value is -0.810. The molecule has 3 nitrogen and oxygen atoms in total. The number of rotatable bonds is 5. The molecule has 0 heterocycles. The minimum atomic E-state index is -0.337. The molecule has 1 aromatic rings. The Kier molecular flexibility index (Phi) is 5.02. The van der Waals surface area contributed by atoms with Gasteiger partial charge in [0.1, 0.15) is 5.82 Å². The van der Waals surface area contributed by atoms with E-state index in [-0.39, 0.29) is 5.82 Å². The van der Waals surface area contributed by atoms with E-state index in [9.17, 15) is 4.39 Å². The molecule has 0 unspecified atom stereocenters. The average molecular weight is 290 g/mol. The van der Waals surface area contributed by atoms with E-state index in [2.05, 4.69) is 26.1 Å². The second-order valence-electron chi connectivity index (χ2n) is 3.94. The normalized spacial score (nSPS) is 10.8. The number of anilines is 2. The van der Waals surface area contributed by atoms with Crippen molar-refractivity contribution < 1.29 is 4.39 Å². The van der Waals surface area contributed by atoms with Crippen LogP contribution in [-0.2, 0) is 0 Å². The number of hydrogen-bond donors (Lipinski definition) is 2. The highest BCUT2D eigenvalue weighted by Gasteiger charge is 2.05. The number of nitrogens with two attached hydrogens (primary N) is 1. The maximum absolute atomic E-state index is 13.1. The summed E-state index contributed by atoms with van der Waals surface area (Å²) in [6.07, 6.45) is 1.02. The summed E-state index contributed by atoms with van der Waals surface area (Å²) in [5.74, 6) is -0.337.